The van der Waals surface area contributed by atoms with Gasteiger partial charge >= 0.3 is 0 Å². The third-order valence-electron chi connectivity index (χ3n) is 4.10. The normalized spacial score (nSPS) is 13.7. The number of aromatic nitrogens is 1. The number of anilines is 1. The van der Waals surface area contributed by atoms with E-state index in [9.17, 15) is 4.79 Å². The molecule has 0 radical (unpaired) electrons. The Morgan fingerprint density at radius 3 is 2.73 bits per heavy atom. The number of carbonyl (C=O) groups excluding carboxylic acids is 1. The van der Waals surface area contributed by atoms with E-state index in [0.29, 0.717) is 6.42 Å². The largest absolute Gasteiger partial charge is 0.326 e. The first kappa shape index (κ1) is 15.2. The zero-order chi connectivity index (χ0) is 15.4. The van der Waals surface area contributed by atoms with Gasteiger partial charge in [-0.25, -0.2) is 4.98 Å². The number of amides is 1. The van der Waals surface area contributed by atoms with E-state index in [4.69, 9.17) is 4.98 Å². The molecule has 1 aromatic heterocycles. The van der Waals surface area contributed by atoms with Gasteiger partial charge in [0, 0.05) is 23.4 Å². The van der Waals surface area contributed by atoms with Gasteiger partial charge in [-0.15, -0.1) is 11.3 Å². The Bertz CT molecular complexity index is 622. The summed E-state index contributed by atoms with van der Waals surface area (Å²) in [5.74, 6) is 0.0671. The second-order valence-electron chi connectivity index (χ2n) is 5.78. The van der Waals surface area contributed by atoms with Crippen LogP contribution in [0.4, 0.5) is 5.69 Å². The van der Waals surface area contributed by atoms with E-state index in [-0.39, 0.29) is 5.91 Å². The van der Waals surface area contributed by atoms with Crippen molar-refractivity contribution in [3.63, 3.8) is 0 Å². The van der Waals surface area contributed by atoms with Crippen molar-refractivity contribution in [2.75, 3.05) is 5.32 Å². The van der Waals surface area contributed by atoms with Gasteiger partial charge in [0.15, 0.2) is 0 Å². The minimum atomic E-state index is 0.0671. The van der Waals surface area contributed by atoms with Gasteiger partial charge < -0.3 is 5.32 Å². The Labute approximate surface area is 135 Å². The molecule has 3 nitrogen and oxygen atoms in total. The van der Waals surface area contributed by atoms with Crippen LogP contribution in [0.3, 0.4) is 0 Å². The summed E-state index contributed by atoms with van der Waals surface area (Å²) in [6, 6.07) is 8.06. The van der Waals surface area contributed by atoms with Crippen molar-refractivity contribution >= 4 is 22.9 Å². The number of fused-ring (bicyclic) bond motifs is 1. The average Bonchev–Trinajstić information content (AvgIpc) is 2.96. The molecule has 1 heterocycles. The summed E-state index contributed by atoms with van der Waals surface area (Å²) in [4.78, 5) is 18.2. The molecule has 3 rings (SSSR count). The maximum atomic E-state index is 12.0. The molecule has 0 aliphatic heterocycles. The molecule has 4 heteroatoms. The predicted octanol–water partition coefficient (Wildman–Crippen LogP) is 4.16. The third-order valence-corrected chi connectivity index (χ3v) is 5.32. The molecule has 1 amide bonds. The molecule has 1 aromatic carbocycles. The highest BCUT2D eigenvalue weighted by molar-refractivity contribution is 7.11. The van der Waals surface area contributed by atoms with Gasteiger partial charge in [-0.2, -0.15) is 0 Å². The van der Waals surface area contributed by atoms with Crippen molar-refractivity contribution < 1.29 is 4.79 Å². The molecule has 1 aliphatic carbocycles. The van der Waals surface area contributed by atoms with Gasteiger partial charge in [0.25, 0.3) is 0 Å². The average molecular weight is 314 g/mol. The van der Waals surface area contributed by atoms with Crippen LogP contribution in [0.1, 0.15) is 47.3 Å². The van der Waals surface area contributed by atoms with E-state index >= 15 is 0 Å². The van der Waals surface area contributed by atoms with E-state index in [0.717, 1.165) is 30.0 Å². The van der Waals surface area contributed by atoms with Crippen LogP contribution in [0.5, 0.6) is 0 Å². The zero-order valence-electron chi connectivity index (χ0n) is 13.0. The van der Waals surface area contributed by atoms with Gasteiger partial charge in [-0.1, -0.05) is 19.1 Å². The maximum absolute atomic E-state index is 12.0. The molecule has 0 spiro atoms. The Morgan fingerprint density at radius 1 is 1.23 bits per heavy atom. The van der Waals surface area contributed by atoms with Gasteiger partial charge in [-0.3, -0.25) is 4.79 Å². The molecule has 0 saturated heterocycles. The summed E-state index contributed by atoms with van der Waals surface area (Å²) in [5, 5.41) is 4.08. The summed E-state index contributed by atoms with van der Waals surface area (Å²) >= 11 is 1.80. The maximum Gasteiger partial charge on any atom is 0.224 e. The van der Waals surface area contributed by atoms with Crippen LogP contribution < -0.4 is 5.32 Å². The Hall–Kier alpha value is -1.68. The van der Waals surface area contributed by atoms with E-state index in [1.54, 1.807) is 11.3 Å². The van der Waals surface area contributed by atoms with E-state index in [1.807, 2.05) is 12.1 Å². The van der Waals surface area contributed by atoms with Crippen molar-refractivity contribution in [3.05, 3.63) is 45.4 Å². The SMILES string of the molecule is CCc1ccc(NC(=O)CCc2nc3c(s2)CCCC3)cc1. The Morgan fingerprint density at radius 2 is 2.00 bits per heavy atom. The van der Waals surface area contributed by atoms with Gasteiger partial charge in [-0.05, 0) is 49.8 Å². The highest BCUT2D eigenvalue weighted by atomic mass is 32.1. The standard InChI is InChI=1S/C18H22N2OS/c1-2-13-7-9-14(10-8-13)19-17(21)11-12-18-20-15-5-3-4-6-16(15)22-18/h7-10H,2-6,11-12H2,1H3,(H,19,21). The van der Waals surface area contributed by atoms with Crippen LogP contribution in [0.15, 0.2) is 24.3 Å². The Balaban J connectivity index is 1.52. The molecule has 0 saturated carbocycles. The lowest BCUT2D eigenvalue weighted by atomic mass is 10.0. The molecular weight excluding hydrogens is 292 g/mol. The topological polar surface area (TPSA) is 42.0 Å². The Kier molecular flexibility index (Phi) is 4.88. The number of nitrogens with one attached hydrogen (secondary N) is 1. The molecule has 0 bridgehead atoms. The van der Waals surface area contributed by atoms with Crippen molar-refractivity contribution in [1.82, 2.24) is 4.98 Å². The first-order chi connectivity index (χ1) is 10.7. The van der Waals surface area contributed by atoms with E-state index in [2.05, 4.69) is 24.4 Å². The third kappa shape index (κ3) is 3.74. The molecule has 0 fully saturated rings. The number of benzene rings is 1. The van der Waals surface area contributed by atoms with Crippen LogP contribution in [-0.4, -0.2) is 10.9 Å². The summed E-state index contributed by atoms with van der Waals surface area (Å²) in [6.45, 7) is 2.13. The minimum absolute atomic E-state index is 0.0671. The summed E-state index contributed by atoms with van der Waals surface area (Å²) in [7, 11) is 0. The van der Waals surface area contributed by atoms with Crippen LogP contribution in [0.25, 0.3) is 0 Å². The molecule has 0 unspecified atom stereocenters. The van der Waals surface area contributed by atoms with Gasteiger partial charge in [0.1, 0.15) is 0 Å². The predicted molar refractivity (Wildman–Crippen MR) is 91.5 cm³/mol. The first-order valence-corrected chi connectivity index (χ1v) is 8.92. The van der Waals surface area contributed by atoms with Crippen LogP contribution in [0.2, 0.25) is 0 Å². The van der Waals surface area contributed by atoms with Crippen molar-refractivity contribution in [3.8, 4) is 0 Å². The van der Waals surface area contributed by atoms with Crippen molar-refractivity contribution in [1.29, 1.82) is 0 Å². The first-order valence-electron chi connectivity index (χ1n) is 8.11. The number of rotatable bonds is 5. The number of carbonyl (C=O) groups is 1. The van der Waals surface area contributed by atoms with Crippen LogP contribution in [-0.2, 0) is 30.5 Å². The lowest BCUT2D eigenvalue weighted by Crippen LogP contribution is -2.12. The molecule has 0 atom stereocenters. The fourth-order valence-electron chi connectivity index (χ4n) is 2.78. The molecule has 1 N–H and O–H groups in total. The molecule has 22 heavy (non-hydrogen) atoms. The summed E-state index contributed by atoms with van der Waals surface area (Å²) in [5.41, 5.74) is 3.44. The fraction of sp³-hybridized carbons (Fsp3) is 0.444. The minimum Gasteiger partial charge on any atom is -0.326 e. The van der Waals surface area contributed by atoms with Gasteiger partial charge in [0.05, 0.1) is 10.7 Å². The smallest absolute Gasteiger partial charge is 0.224 e. The fourth-order valence-corrected chi connectivity index (χ4v) is 3.94. The van der Waals surface area contributed by atoms with Crippen LogP contribution >= 0.6 is 11.3 Å². The highest BCUT2D eigenvalue weighted by Gasteiger charge is 2.15. The monoisotopic (exact) mass is 314 g/mol. The van der Waals surface area contributed by atoms with Crippen LogP contribution in [0, 0.1) is 0 Å². The molecule has 1 aliphatic rings. The number of hydrogen-bond donors (Lipinski definition) is 1. The quantitative estimate of drug-likeness (QED) is 0.900. The molecule has 116 valence electrons. The number of aryl methyl sites for hydroxylation is 4. The second-order valence-corrected chi connectivity index (χ2v) is 6.95. The lowest BCUT2D eigenvalue weighted by molar-refractivity contribution is -0.116. The zero-order valence-corrected chi connectivity index (χ0v) is 13.8. The molecule has 2 aromatic rings. The van der Waals surface area contributed by atoms with Gasteiger partial charge in [0.2, 0.25) is 5.91 Å². The highest BCUT2D eigenvalue weighted by Crippen LogP contribution is 2.27. The number of nitrogens with zero attached hydrogens (tertiary/aromatic N) is 1. The van der Waals surface area contributed by atoms with E-state index in [1.165, 1.54) is 35.4 Å². The second kappa shape index (κ2) is 7.05. The molecular formula is C18H22N2OS. The van der Waals surface area contributed by atoms with Crippen molar-refractivity contribution in [2.45, 2.75) is 51.9 Å². The van der Waals surface area contributed by atoms with Crippen molar-refractivity contribution in [2.24, 2.45) is 0 Å². The number of hydrogen-bond acceptors (Lipinski definition) is 3. The summed E-state index contributed by atoms with van der Waals surface area (Å²) in [6.07, 6.45) is 7.08. The number of thiazole rings is 1. The van der Waals surface area contributed by atoms with E-state index < -0.39 is 0 Å². The summed E-state index contributed by atoms with van der Waals surface area (Å²) < 4.78 is 0. The lowest BCUT2D eigenvalue weighted by Gasteiger charge is -2.06.